The van der Waals surface area contributed by atoms with E-state index in [-0.39, 0.29) is 12.2 Å². The molecule has 6 heteroatoms. The van der Waals surface area contributed by atoms with Gasteiger partial charge in [0.05, 0.1) is 13.7 Å². The van der Waals surface area contributed by atoms with Crippen LogP contribution in [0.15, 0.2) is 30.3 Å². The Morgan fingerprint density at radius 2 is 2.14 bits per heavy atom. The molecule has 0 amide bonds. The number of nitrogens with zero attached hydrogens (tertiary/aromatic N) is 3. The smallest absolute Gasteiger partial charge is 0.319 e. The number of rotatable bonds is 3. The second-order valence-corrected chi connectivity index (χ2v) is 5.21. The fourth-order valence-corrected chi connectivity index (χ4v) is 2.64. The summed E-state index contributed by atoms with van der Waals surface area (Å²) >= 11 is 6.01. The van der Waals surface area contributed by atoms with E-state index >= 15 is 0 Å². The van der Waals surface area contributed by atoms with Crippen molar-refractivity contribution in [2.75, 3.05) is 25.7 Å². The van der Waals surface area contributed by atoms with Crippen molar-refractivity contribution in [3.63, 3.8) is 0 Å². The molecule has 110 valence electrons. The average molecular weight is 306 g/mol. The number of fused-ring (bicyclic) bond motifs is 1. The number of benzene rings is 1. The van der Waals surface area contributed by atoms with Gasteiger partial charge in [-0.15, -0.1) is 0 Å². The van der Waals surface area contributed by atoms with E-state index in [1.54, 1.807) is 6.07 Å². The summed E-state index contributed by atoms with van der Waals surface area (Å²) in [5.41, 5.74) is 2.45. The van der Waals surface area contributed by atoms with Crippen LogP contribution in [-0.2, 0) is 11.2 Å². The molecule has 0 bridgehead atoms. The highest BCUT2D eigenvalue weighted by molar-refractivity contribution is 6.29. The molecule has 2 heterocycles. The largest absolute Gasteiger partial charge is 0.467 e. The number of methoxy groups -OCH3 is 1. The third kappa shape index (κ3) is 2.80. The molecule has 1 aliphatic heterocycles. The summed E-state index contributed by atoms with van der Waals surface area (Å²) in [6.45, 7) is 0.683. The summed E-state index contributed by atoms with van der Waals surface area (Å²) in [5.74, 6) is 0.661. The highest BCUT2D eigenvalue weighted by Gasteiger charge is 2.25. The molecule has 0 saturated carbocycles. The number of hydrogen-bond donors (Lipinski definition) is 0. The summed E-state index contributed by atoms with van der Waals surface area (Å²) in [5, 5.41) is 0.341. The van der Waals surface area contributed by atoms with Crippen molar-refractivity contribution in [2.24, 2.45) is 0 Å². The molecule has 0 aliphatic carbocycles. The minimum Gasteiger partial charge on any atom is -0.467 e. The molecule has 3 rings (SSSR count). The number of halogens is 1. The van der Waals surface area contributed by atoms with Crippen LogP contribution in [0, 0.1) is 0 Å². The van der Waals surface area contributed by atoms with E-state index in [4.69, 9.17) is 21.1 Å². The van der Waals surface area contributed by atoms with Gasteiger partial charge in [0, 0.05) is 18.7 Å². The minimum absolute atomic E-state index is 0.189. The maximum Gasteiger partial charge on any atom is 0.319 e. The van der Waals surface area contributed by atoms with Crippen LogP contribution in [-0.4, -0.2) is 30.7 Å². The van der Waals surface area contributed by atoms with E-state index in [2.05, 4.69) is 22.1 Å². The van der Waals surface area contributed by atoms with Crippen LogP contribution in [0.1, 0.15) is 17.4 Å². The highest BCUT2D eigenvalue weighted by atomic mass is 35.5. The van der Waals surface area contributed by atoms with Crippen LogP contribution >= 0.6 is 11.6 Å². The summed E-state index contributed by atoms with van der Waals surface area (Å²) < 4.78 is 11.0. The number of hydrogen-bond acceptors (Lipinski definition) is 5. The Bertz CT molecular complexity index is 651. The Hall–Kier alpha value is -1.85. The molecule has 1 aromatic heterocycles. The summed E-state index contributed by atoms with van der Waals surface area (Å²) in [7, 11) is 3.44. The molecular formula is C15H16ClN3O2. The first-order chi connectivity index (χ1) is 10.2. The lowest BCUT2D eigenvalue weighted by molar-refractivity contribution is 0.0427. The van der Waals surface area contributed by atoms with Crippen molar-refractivity contribution >= 4 is 17.4 Å². The first-order valence-corrected chi connectivity index (χ1v) is 7.07. The summed E-state index contributed by atoms with van der Waals surface area (Å²) in [4.78, 5) is 10.3. The lowest BCUT2D eigenvalue weighted by Crippen LogP contribution is -2.31. The quantitative estimate of drug-likeness (QED) is 0.816. The lowest BCUT2D eigenvalue weighted by Gasteiger charge is -2.33. The van der Waals surface area contributed by atoms with E-state index in [1.807, 2.05) is 24.1 Å². The van der Waals surface area contributed by atoms with Gasteiger partial charge >= 0.3 is 6.01 Å². The molecule has 0 spiro atoms. The van der Waals surface area contributed by atoms with Gasteiger partial charge in [-0.2, -0.15) is 9.97 Å². The fourth-order valence-electron chi connectivity index (χ4n) is 2.47. The van der Waals surface area contributed by atoms with Gasteiger partial charge in [0.15, 0.2) is 6.23 Å². The van der Waals surface area contributed by atoms with Crippen molar-refractivity contribution in [3.05, 3.63) is 46.6 Å². The molecule has 1 atom stereocenters. The van der Waals surface area contributed by atoms with E-state index in [1.165, 1.54) is 12.7 Å². The van der Waals surface area contributed by atoms with Gasteiger partial charge in [0.1, 0.15) is 11.0 Å². The summed E-state index contributed by atoms with van der Waals surface area (Å²) in [6.07, 6.45) is 0.736. The van der Waals surface area contributed by atoms with Crippen molar-refractivity contribution < 1.29 is 9.47 Å². The molecule has 1 unspecified atom stereocenters. The molecule has 5 nitrogen and oxygen atoms in total. The normalized spacial score (nSPS) is 17.2. The van der Waals surface area contributed by atoms with E-state index in [0.717, 1.165) is 12.0 Å². The maximum atomic E-state index is 6.01. The molecule has 0 radical (unpaired) electrons. The van der Waals surface area contributed by atoms with Gasteiger partial charge in [-0.25, -0.2) is 0 Å². The third-order valence-electron chi connectivity index (χ3n) is 3.52. The van der Waals surface area contributed by atoms with Gasteiger partial charge in [-0.1, -0.05) is 35.9 Å². The van der Waals surface area contributed by atoms with Gasteiger partial charge in [-0.3, -0.25) is 0 Å². The van der Waals surface area contributed by atoms with E-state index in [9.17, 15) is 0 Å². The third-order valence-corrected chi connectivity index (χ3v) is 3.72. The maximum absolute atomic E-state index is 6.01. The van der Waals surface area contributed by atoms with Gasteiger partial charge in [0.25, 0.3) is 0 Å². The van der Waals surface area contributed by atoms with Gasteiger partial charge in [0.2, 0.25) is 0 Å². The zero-order valence-electron chi connectivity index (χ0n) is 11.9. The van der Waals surface area contributed by atoms with Crippen LogP contribution in [0.25, 0.3) is 0 Å². The second-order valence-electron chi connectivity index (χ2n) is 4.82. The summed E-state index contributed by atoms with van der Waals surface area (Å²) in [6, 6.07) is 10.2. The molecule has 21 heavy (non-hydrogen) atoms. The predicted molar refractivity (Wildman–Crippen MR) is 80.8 cm³/mol. The van der Waals surface area contributed by atoms with Crippen molar-refractivity contribution in [2.45, 2.75) is 12.6 Å². The first-order valence-electron chi connectivity index (χ1n) is 6.70. The zero-order chi connectivity index (χ0) is 14.8. The van der Waals surface area contributed by atoms with Crippen LogP contribution in [0.2, 0.25) is 5.15 Å². The van der Waals surface area contributed by atoms with Crippen LogP contribution < -0.4 is 9.64 Å². The molecule has 0 saturated heterocycles. The van der Waals surface area contributed by atoms with Crippen LogP contribution in [0.3, 0.4) is 0 Å². The standard InChI is InChI=1S/C15H16ClN3O2/c1-19(13-9-12(16)17-15(18-13)20-2)14-11-6-4-3-5-10(11)7-8-21-14/h3-6,9,14H,7-8H2,1-2H3. The minimum atomic E-state index is -0.189. The van der Waals surface area contributed by atoms with Crippen molar-refractivity contribution in [3.8, 4) is 6.01 Å². The predicted octanol–water partition coefficient (Wildman–Crippen LogP) is 2.85. The molecule has 0 N–H and O–H groups in total. The Balaban J connectivity index is 1.96. The first kappa shape index (κ1) is 14.1. The molecule has 2 aromatic rings. The van der Waals surface area contributed by atoms with Crippen molar-refractivity contribution in [1.82, 2.24) is 9.97 Å². The molecule has 1 aromatic carbocycles. The SMILES string of the molecule is COc1nc(Cl)cc(N(C)C2OCCc3ccccc32)n1. The topological polar surface area (TPSA) is 47.5 Å². The Kier molecular flexibility index (Phi) is 3.94. The average Bonchev–Trinajstić information content (AvgIpc) is 2.53. The van der Waals surface area contributed by atoms with Gasteiger partial charge in [-0.05, 0) is 12.0 Å². The van der Waals surface area contributed by atoms with Gasteiger partial charge < -0.3 is 14.4 Å². The number of ether oxygens (including phenoxy) is 2. The number of aromatic nitrogens is 2. The highest BCUT2D eigenvalue weighted by Crippen LogP contribution is 2.32. The molecule has 1 aliphatic rings. The fraction of sp³-hybridized carbons (Fsp3) is 0.333. The van der Waals surface area contributed by atoms with Crippen molar-refractivity contribution in [1.29, 1.82) is 0 Å². The van der Waals surface area contributed by atoms with E-state index in [0.29, 0.717) is 17.6 Å². The zero-order valence-corrected chi connectivity index (χ0v) is 12.7. The Labute approximate surface area is 128 Å². The second kappa shape index (κ2) is 5.87. The number of anilines is 1. The van der Waals surface area contributed by atoms with E-state index < -0.39 is 0 Å². The Morgan fingerprint density at radius 1 is 1.33 bits per heavy atom. The molecular weight excluding hydrogens is 290 g/mol. The molecule has 0 fully saturated rings. The Morgan fingerprint density at radius 3 is 2.95 bits per heavy atom. The van der Waals surface area contributed by atoms with Crippen LogP contribution in [0.5, 0.6) is 6.01 Å². The monoisotopic (exact) mass is 305 g/mol. The van der Waals surface area contributed by atoms with Crippen LogP contribution in [0.4, 0.5) is 5.82 Å². The lowest BCUT2D eigenvalue weighted by atomic mass is 10.0.